The minimum Gasteiger partial charge on any atom is -1.00 e. The van der Waals surface area contributed by atoms with Crippen molar-refractivity contribution in [1.29, 1.82) is 0 Å². The monoisotopic (exact) mass is 299 g/mol. The molecular formula is C14H14BrMgN. The van der Waals surface area contributed by atoms with Gasteiger partial charge in [0.25, 0.3) is 0 Å². The largest absolute Gasteiger partial charge is 2.00 e. The van der Waals surface area contributed by atoms with Crippen LogP contribution in [0.1, 0.15) is 0 Å². The summed E-state index contributed by atoms with van der Waals surface area (Å²) in [5, 5.41) is 0. The Balaban J connectivity index is 0.00000128. The molecule has 0 saturated carbocycles. The quantitative estimate of drug-likeness (QED) is 0.550. The molecule has 0 radical (unpaired) electrons. The summed E-state index contributed by atoms with van der Waals surface area (Å²) < 4.78 is 0. The average Bonchev–Trinajstić information content (AvgIpc) is 2.30. The fraction of sp³-hybridized carbons (Fsp3) is 0.143. The van der Waals surface area contributed by atoms with Gasteiger partial charge in [-0.1, -0.05) is 17.7 Å². The third-order valence-corrected chi connectivity index (χ3v) is 2.42. The maximum Gasteiger partial charge on any atom is 2.00 e. The molecule has 0 aromatic heterocycles. The molecule has 1 nitrogen and oxygen atoms in total. The van der Waals surface area contributed by atoms with Crippen molar-refractivity contribution in [2.24, 2.45) is 0 Å². The molecule has 0 unspecified atom stereocenters. The Morgan fingerprint density at radius 1 is 0.941 bits per heavy atom. The van der Waals surface area contributed by atoms with Gasteiger partial charge in [0, 0.05) is 19.8 Å². The molecule has 2 aromatic rings. The van der Waals surface area contributed by atoms with Crippen LogP contribution in [0.4, 0.5) is 5.69 Å². The van der Waals surface area contributed by atoms with E-state index in [1.807, 2.05) is 32.3 Å². The predicted molar refractivity (Wildman–Crippen MR) is 70.8 cm³/mol. The fourth-order valence-electron chi connectivity index (χ4n) is 1.52. The molecule has 2 aromatic carbocycles. The van der Waals surface area contributed by atoms with Gasteiger partial charge in [-0.25, -0.2) is 0 Å². The molecule has 0 amide bonds. The summed E-state index contributed by atoms with van der Waals surface area (Å²) in [7, 11) is 4.09. The van der Waals surface area contributed by atoms with Gasteiger partial charge in [0.15, 0.2) is 0 Å². The minimum absolute atomic E-state index is 0. The maximum atomic E-state index is 3.09. The van der Waals surface area contributed by atoms with Gasteiger partial charge >= 0.3 is 23.1 Å². The van der Waals surface area contributed by atoms with E-state index >= 15 is 0 Å². The molecule has 2 rings (SSSR count). The van der Waals surface area contributed by atoms with Gasteiger partial charge in [-0.05, 0) is 12.1 Å². The van der Waals surface area contributed by atoms with Crippen LogP contribution < -0.4 is 21.9 Å². The fourth-order valence-corrected chi connectivity index (χ4v) is 1.52. The molecule has 0 spiro atoms. The summed E-state index contributed by atoms with van der Waals surface area (Å²) in [6.45, 7) is 0. The van der Waals surface area contributed by atoms with Crippen molar-refractivity contribution in [3.05, 3.63) is 54.6 Å². The molecule has 0 aliphatic heterocycles. The van der Waals surface area contributed by atoms with E-state index in [9.17, 15) is 0 Å². The number of rotatable bonds is 2. The van der Waals surface area contributed by atoms with Crippen LogP contribution in [-0.4, -0.2) is 37.1 Å². The standard InChI is InChI=1S/C14H14N.BrH.Mg/c1-15(2)14-10-8-13(9-11-14)12-6-4-3-5-7-12;;/h3-4,6-11H,1-2H3;1H;/q-1;;+2/p-1. The Bertz CT molecular complexity index is 426. The molecule has 3 heteroatoms. The van der Waals surface area contributed by atoms with Crippen molar-refractivity contribution in [2.45, 2.75) is 0 Å². The molecule has 0 fully saturated rings. The second kappa shape index (κ2) is 7.74. The van der Waals surface area contributed by atoms with Crippen LogP contribution in [0.5, 0.6) is 0 Å². The van der Waals surface area contributed by atoms with Crippen LogP contribution in [-0.2, 0) is 0 Å². The summed E-state index contributed by atoms with van der Waals surface area (Å²) in [6.07, 6.45) is 0. The number of anilines is 1. The first kappa shape index (κ1) is 16.5. The van der Waals surface area contributed by atoms with Gasteiger partial charge in [0.2, 0.25) is 0 Å². The number of hydrogen-bond acceptors (Lipinski definition) is 1. The summed E-state index contributed by atoms with van der Waals surface area (Å²) >= 11 is 0. The van der Waals surface area contributed by atoms with Crippen LogP contribution in [0.2, 0.25) is 0 Å². The van der Waals surface area contributed by atoms with E-state index in [4.69, 9.17) is 0 Å². The second-order valence-corrected chi connectivity index (χ2v) is 3.73. The maximum absolute atomic E-state index is 3.09. The summed E-state index contributed by atoms with van der Waals surface area (Å²) in [6, 6.07) is 19.6. The Hall–Kier alpha value is -0.514. The van der Waals surface area contributed by atoms with Gasteiger partial charge < -0.3 is 21.9 Å². The minimum atomic E-state index is 0. The van der Waals surface area contributed by atoms with Gasteiger partial charge in [0.1, 0.15) is 0 Å². The molecule has 0 heterocycles. The number of hydrogen-bond donors (Lipinski definition) is 0. The van der Waals surface area contributed by atoms with Crippen LogP contribution in [0.15, 0.2) is 48.5 Å². The molecule has 0 bridgehead atoms. The van der Waals surface area contributed by atoms with E-state index in [-0.39, 0.29) is 40.0 Å². The average molecular weight is 300 g/mol. The topological polar surface area (TPSA) is 3.24 Å². The van der Waals surface area contributed by atoms with Gasteiger partial charge in [-0.3, -0.25) is 0 Å². The Morgan fingerprint density at radius 3 is 2.06 bits per heavy atom. The molecule has 0 atom stereocenters. The van der Waals surface area contributed by atoms with Crippen molar-refractivity contribution in [3.8, 4) is 11.1 Å². The third kappa shape index (κ3) is 4.34. The SMILES string of the molecule is CN(C)c1ccc(-c2c[c-]ccc2)cc1.[Br-].[Mg+2]. The van der Waals surface area contributed by atoms with Gasteiger partial charge in [-0.15, -0.1) is 5.56 Å². The van der Waals surface area contributed by atoms with E-state index in [1.165, 1.54) is 16.8 Å². The van der Waals surface area contributed by atoms with E-state index < -0.39 is 0 Å². The summed E-state index contributed by atoms with van der Waals surface area (Å²) in [5.41, 5.74) is 3.67. The zero-order valence-electron chi connectivity index (χ0n) is 10.2. The number of benzene rings is 2. The molecule has 84 valence electrons. The molecule has 0 aliphatic rings. The van der Waals surface area contributed by atoms with Crippen molar-refractivity contribution in [3.63, 3.8) is 0 Å². The van der Waals surface area contributed by atoms with Crippen LogP contribution >= 0.6 is 0 Å². The molecule has 17 heavy (non-hydrogen) atoms. The zero-order chi connectivity index (χ0) is 10.7. The Labute approximate surface area is 130 Å². The number of nitrogens with zero attached hydrogens (tertiary/aromatic N) is 1. The first-order valence-corrected chi connectivity index (χ1v) is 5.01. The summed E-state index contributed by atoms with van der Waals surface area (Å²) in [4.78, 5) is 2.10. The predicted octanol–water partition coefficient (Wildman–Crippen LogP) is -0.157. The van der Waals surface area contributed by atoms with Crippen molar-refractivity contribution in [1.82, 2.24) is 0 Å². The number of halogens is 1. The van der Waals surface area contributed by atoms with Crippen LogP contribution in [0.3, 0.4) is 0 Å². The van der Waals surface area contributed by atoms with Gasteiger partial charge in [0.05, 0.1) is 0 Å². The molecule has 0 N–H and O–H groups in total. The Morgan fingerprint density at radius 2 is 1.59 bits per heavy atom. The van der Waals surface area contributed by atoms with Crippen molar-refractivity contribution >= 4 is 28.7 Å². The van der Waals surface area contributed by atoms with E-state index in [2.05, 4.69) is 41.3 Å². The van der Waals surface area contributed by atoms with Crippen LogP contribution in [0.25, 0.3) is 11.1 Å². The molecule has 0 saturated heterocycles. The van der Waals surface area contributed by atoms with E-state index in [0.717, 1.165) is 0 Å². The van der Waals surface area contributed by atoms with E-state index in [0.29, 0.717) is 0 Å². The first-order valence-electron chi connectivity index (χ1n) is 5.01. The van der Waals surface area contributed by atoms with Crippen molar-refractivity contribution in [2.75, 3.05) is 19.0 Å². The van der Waals surface area contributed by atoms with Gasteiger partial charge in [-0.2, -0.15) is 30.3 Å². The zero-order valence-corrected chi connectivity index (χ0v) is 13.2. The first-order chi connectivity index (χ1) is 7.27. The second-order valence-electron chi connectivity index (χ2n) is 3.73. The van der Waals surface area contributed by atoms with Crippen molar-refractivity contribution < 1.29 is 17.0 Å². The summed E-state index contributed by atoms with van der Waals surface area (Å²) in [5.74, 6) is 0. The molecular weight excluding hydrogens is 286 g/mol. The normalized spacial score (nSPS) is 8.82. The third-order valence-electron chi connectivity index (χ3n) is 2.42. The van der Waals surface area contributed by atoms with Crippen LogP contribution in [0, 0.1) is 6.07 Å². The Kier molecular flexibility index (Phi) is 7.51. The molecule has 0 aliphatic carbocycles. The van der Waals surface area contributed by atoms with E-state index in [1.54, 1.807) is 0 Å². The smallest absolute Gasteiger partial charge is 1.00 e.